The average molecular weight is 343 g/mol. The van der Waals surface area contributed by atoms with Crippen LogP contribution in [-0.2, 0) is 14.8 Å². The van der Waals surface area contributed by atoms with Crippen molar-refractivity contribution in [1.29, 1.82) is 0 Å². The van der Waals surface area contributed by atoms with Gasteiger partial charge in [0.25, 0.3) is 0 Å². The third kappa shape index (κ3) is 5.47. The number of hydrogen-bond donors (Lipinski definition) is 3. The van der Waals surface area contributed by atoms with Crippen LogP contribution in [0, 0.1) is 5.92 Å². The summed E-state index contributed by atoms with van der Waals surface area (Å²) in [6.45, 7) is 7.40. The lowest BCUT2D eigenvalue weighted by Crippen LogP contribution is -2.35. The molecule has 7 nitrogen and oxygen atoms in total. The molecule has 1 aromatic heterocycles. The first-order valence-electron chi connectivity index (χ1n) is 7.69. The first-order valence-corrected chi connectivity index (χ1v) is 9.17. The predicted molar refractivity (Wildman–Crippen MR) is 88.8 cm³/mol. The van der Waals surface area contributed by atoms with E-state index in [4.69, 9.17) is 5.11 Å². The van der Waals surface area contributed by atoms with Crippen molar-refractivity contribution in [2.24, 2.45) is 5.92 Å². The van der Waals surface area contributed by atoms with Gasteiger partial charge in [-0.2, -0.15) is 0 Å². The number of hydrogen-bond acceptors (Lipinski definition) is 5. The number of carboxylic acid groups (broad SMARTS) is 1. The molecule has 1 rings (SSSR count). The van der Waals surface area contributed by atoms with Gasteiger partial charge in [-0.3, -0.25) is 0 Å². The normalized spacial score (nSPS) is 13.3. The molecule has 0 fully saturated rings. The van der Waals surface area contributed by atoms with Gasteiger partial charge in [0.05, 0.1) is 0 Å². The molecule has 0 saturated heterocycles. The smallest absolute Gasteiger partial charge is 0.326 e. The highest BCUT2D eigenvalue weighted by atomic mass is 32.2. The molecule has 23 heavy (non-hydrogen) atoms. The second-order valence-corrected chi connectivity index (χ2v) is 7.43. The second-order valence-electron chi connectivity index (χ2n) is 5.72. The molecule has 1 aromatic rings. The number of nitrogens with one attached hydrogen (secondary N) is 2. The molecule has 0 aliphatic carbocycles. The van der Waals surface area contributed by atoms with E-state index in [1.165, 1.54) is 18.3 Å². The van der Waals surface area contributed by atoms with Crippen molar-refractivity contribution >= 4 is 21.8 Å². The fraction of sp³-hybridized carbons (Fsp3) is 0.600. The van der Waals surface area contributed by atoms with Gasteiger partial charge in [0, 0.05) is 12.2 Å². The van der Waals surface area contributed by atoms with Crippen LogP contribution in [0.2, 0.25) is 0 Å². The Balaban J connectivity index is 2.89. The fourth-order valence-corrected chi connectivity index (χ4v) is 3.39. The molecule has 0 aliphatic heterocycles. The highest BCUT2D eigenvalue weighted by Crippen LogP contribution is 2.15. The van der Waals surface area contributed by atoms with Gasteiger partial charge in [-0.15, -0.1) is 0 Å². The zero-order valence-electron chi connectivity index (χ0n) is 13.9. The number of rotatable bonds is 9. The van der Waals surface area contributed by atoms with Crippen LogP contribution in [0.4, 0.5) is 5.82 Å². The summed E-state index contributed by atoms with van der Waals surface area (Å²) < 4.78 is 27.1. The van der Waals surface area contributed by atoms with Crippen LogP contribution in [0.25, 0.3) is 0 Å². The summed E-state index contributed by atoms with van der Waals surface area (Å²) in [7, 11) is -3.62. The van der Waals surface area contributed by atoms with Crippen molar-refractivity contribution < 1.29 is 18.3 Å². The quantitative estimate of drug-likeness (QED) is 0.633. The van der Waals surface area contributed by atoms with Crippen molar-refractivity contribution in [2.75, 3.05) is 5.32 Å². The Kier molecular flexibility index (Phi) is 6.96. The van der Waals surface area contributed by atoms with E-state index in [0.717, 1.165) is 0 Å². The van der Waals surface area contributed by atoms with Crippen LogP contribution < -0.4 is 10.0 Å². The maximum atomic E-state index is 12.2. The van der Waals surface area contributed by atoms with Gasteiger partial charge in [0.15, 0.2) is 0 Å². The Morgan fingerprint density at radius 3 is 2.26 bits per heavy atom. The summed E-state index contributed by atoms with van der Waals surface area (Å²) in [5.74, 6) is -0.782. The molecule has 130 valence electrons. The molecule has 0 aromatic carbocycles. The van der Waals surface area contributed by atoms with Crippen LogP contribution in [0.3, 0.4) is 0 Å². The minimum atomic E-state index is -3.62. The molecule has 8 heteroatoms. The number of aromatic nitrogens is 1. The van der Waals surface area contributed by atoms with E-state index in [1.54, 1.807) is 13.8 Å². The summed E-state index contributed by atoms with van der Waals surface area (Å²) >= 11 is 0. The number of sulfonamides is 1. The average Bonchev–Trinajstić information content (AvgIpc) is 2.50. The molecule has 0 spiro atoms. The summed E-state index contributed by atoms with van der Waals surface area (Å²) in [5.41, 5.74) is 0. The first kappa shape index (κ1) is 19.4. The monoisotopic (exact) mass is 343 g/mol. The third-order valence-corrected chi connectivity index (χ3v) is 5.10. The molecule has 0 unspecified atom stereocenters. The standard InChI is InChI=1S/C15H25N3O4S/c1-5-11(6-2)18-23(21,22)12-7-8-13(16-9-12)17-14(10(3)4)15(19)20/h7-11,14,18H,5-6H2,1-4H3,(H,16,17)(H,19,20)/t14-/m1/s1. The lowest BCUT2D eigenvalue weighted by Gasteiger charge is -2.19. The van der Waals surface area contributed by atoms with Crippen LogP contribution in [-0.4, -0.2) is 36.6 Å². The summed E-state index contributed by atoms with van der Waals surface area (Å²) in [6, 6.07) is 1.99. The van der Waals surface area contributed by atoms with Crippen LogP contribution in [0.1, 0.15) is 40.5 Å². The molecule has 3 N–H and O–H groups in total. The Bertz CT molecular complexity index is 610. The van der Waals surface area contributed by atoms with Gasteiger partial charge in [-0.05, 0) is 30.9 Å². The zero-order valence-corrected chi connectivity index (χ0v) is 14.7. The molecule has 0 bridgehead atoms. The van der Waals surface area contributed by atoms with E-state index < -0.39 is 22.0 Å². The van der Waals surface area contributed by atoms with Gasteiger partial charge in [-0.1, -0.05) is 27.7 Å². The maximum Gasteiger partial charge on any atom is 0.326 e. The van der Waals surface area contributed by atoms with E-state index in [1.807, 2.05) is 13.8 Å². The van der Waals surface area contributed by atoms with E-state index in [2.05, 4.69) is 15.0 Å². The van der Waals surface area contributed by atoms with E-state index in [-0.39, 0.29) is 16.9 Å². The lowest BCUT2D eigenvalue weighted by molar-refractivity contribution is -0.138. The topological polar surface area (TPSA) is 108 Å². The summed E-state index contributed by atoms with van der Waals surface area (Å²) in [4.78, 5) is 15.2. The molecular formula is C15H25N3O4S. The largest absolute Gasteiger partial charge is 0.480 e. The number of aliphatic carboxylic acids is 1. The van der Waals surface area contributed by atoms with Gasteiger partial charge < -0.3 is 10.4 Å². The van der Waals surface area contributed by atoms with Gasteiger partial charge in [0.2, 0.25) is 10.0 Å². The van der Waals surface area contributed by atoms with Gasteiger partial charge >= 0.3 is 5.97 Å². The van der Waals surface area contributed by atoms with Gasteiger partial charge in [-0.25, -0.2) is 22.9 Å². The maximum absolute atomic E-state index is 12.2. The second kappa shape index (κ2) is 8.26. The minimum Gasteiger partial charge on any atom is -0.480 e. The number of carbonyl (C=O) groups is 1. The summed E-state index contributed by atoms with van der Waals surface area (Å²) in [5, 5.41) is 11.9. The molecule has 0 radical (unpaired) electrons. The van der Waals surface area contributed by atoms with E-state index in [0.29, 0.717) is 18.7 Å². The van der Waals surface area contributed by atoms with E-state index in [9.17, 15) is 13.2 Å². The van der Waals surface area contributed by atoms with Crippen molar-refractivity contribution in [2.45, 2.75) is 57.5 Å². The minimum absolute atomic E-state index is 0.0615. The van der Waals surface area contributed by atoms with E-state index >= 15 is 0 Å². The van der Waals surface area contributed by atoms with Crippen molar-refractivity contribution in [3.63, 3.8) is 0 Å². The highest BCUT2D eigenvalue weighted by Gasteiger charge is 2.22. The highest BCUT2D eigenvalue weighted by molar-refractivity contribution is 7.89. The molecule has 1 heterocycles. The van der Waals surface area contributed by atoms with Crippen molar-refractivity contribution in [3.8, 4) is 0 Å². The fourth-order valence-electron chi connectivity index (χ4n) is 2.04. The zero-order chi connectivity index (χ0) is 17.6. The number of carboxylic acids is 1. The van der Waals surface area contributed by atoms with Crippen LogP contribution >= 0.6 is 0 Å². The van der Waals surface area contributed by atoms with Crippen LogP contribution in [0.15, 0.2) is 23.2 Å². The predicted octanol–water partition coefficient (Wildman–Crippen LogP) is 2.07. The summed E-state index contributed by atoms with van der Waals surface area (Å²) in [6.07, 6.45) is 2.64. The number of nitrogens with zero attached hydrogens (tertiary/aromatic N) is 1. The Labute approximate surface area is 137 Å². The Hall–Kier alpha value is -1.67. The SMILES string of the molecule is CCC(CC)NS(=O)(=O)c1ccc(N[C@@H](C(=O)O)C(C)C)nc1. The van der Waals surface area contributed by atoms with Gasteiger partial charge in [0.1, 0.15) is 16.8 Å². The lowest BCUT2D eigenvalue weighted by atomic mass is 10.1. The number of anilines is 1. The molecule has 0 amide bonds. The Morgan fingerprint density at radius 1 is 1.26 bits per heavy atom. The van der Waals surface area contributed by atoms with Crippen molar-refractivity contribution in [3.05, 3.63) is 18.3 Å². The molecule has 1 atom stereocenters. The van der Waals surface area contributed by atoms with Crippen molar-refractivity contribution in [1.82, 2.24) is 9.71 Å². The molecule has 0 aliphatic rings. The Morgan fingerprint density at radius 2 is 1.87 bits per heavy atom. The first-order chi connectivity index (χ1) is 10.7. The molecule has 0 saturated carbocycles. The number of pyridine rings is 1. The third-order valence-electron chi connectivity index (χ3n) is 3.59. The van der Waals surface area contributed by atoms with Crippen LogP contribution in [0.5, 0.6) is 0 Å². The molecular weight excluding hydrogens is 318 g/mol.